The lowest BCUT2D eigenvalue weighted by Gasteiger charge is -2.31. The van der Waals surface area contributed by atoms with Crippen molar-refractivity contribution in [3.05, 3.63) is 12.7 Å². The molecule has 0 saturated carbocycles. The zero-order valence-corrected chi connectivity index (χ0v) is 21.3. The van der Waals surface area contributed by atoms with Crippen LogP contribution in [0.1, 0.15) is 87.0 Å². The van der Waals surface area contributed by atoms with E-state index in [1.807, 2.05) is 34.6 Å². The number of hydrogen-bond acceptors (Lipinski definition) is 6. The summed E-state index contributed by atoms with van der Waals surface area (Å²) in [5.74, 6) is -0.427. The molecule has 0 spiro atoms. The minimum atomic E-state index is -0.766. The third-order valence-electron chi connectivity index (χ3n) is 6.03. The first kappa shape index (κ1) is 29.8. The van der Waals surface area contributed by atoms with E-state index in [0.29, 0.717) is 26.1 Å². The van der Waals surface area contributed by atoms with Crippen molar-refractivity contribution in [1.82, 2.24) is 0 Å². The molecule has 6 nitrogen and oxygen atoms in total. The van der Waals surface area contributed by atoms with Gasteiger partial charge in [0.1, 0.15) is 5.72 Å². The SMILES string of the molecule is BC(=O)C(C)(C)CCCC(C)(C)CCOC(C)(N)CCOC(C)(C)CCOC(=O)C=C. The number of carbonyl (C=O) groups excluding carboxylic acids is 2. The maximum Gasteiger partial charge on any atom is 0.330 e. The van der Waals surface area contributed by atoms with Crippen molar-refractivity contribution in [2.24, 2.45) is 16.6 Å². The Balaban J connectivity index is 4.21. The van der Waals surface area contributed by atoms with E-state index in [2.05, 4.69) is 20.4 Å². The second-order valence-electron chi connectivity index (χ2n) is 10.8. The highest BCUT2D eigenvalue weighted by Gasteiger charge is 2.27. The minimum absolute atomic E-state index is 0.129. The van der Waals surface area contributed by atoms with Crippen LogP contribution in [0.25, 0.3) is 0 Å². The average molecular weight is 439 g/mol. The Labute approximate surface area is 191 Å². The molecule has 0 saturated heterocycles. The molecule has 1 atom stereocenters. The van der Waals surface area contributed by atoms with E-state index in [1.54, 1.807) is 7.85 Å². The molecule has 0 aliphatic rings. The molecule has 0 aliphatic carbocycles. The van der Waals surface area contributed by atoms with E-state index in [4.69, 9.17) is 19.9 Å². The van der Waals surface area contributed by atoms with Gasteiger partial charge in [0.15, 0.2) is 7.85 Å². The topological polar surface area (TPSA) is 87.8 Å². The molecule has 0 rings (SSSR count). The quantitative estimate of drug-likeness (QED) is 0.161. The normalized spacial score (nSPS) is 14.7. The first-order chi connectivity index (χ1) is 14.0. The summed E-state index contributed by atoms with van der Waals surface area (Å²) in [5, 5.41) is 0. The summed E-state index contributed by atoms with van der Waals surface area (Å²) in [4.78, 5) is 22.8. The van der Waals surface area contributed by atoms with Crippen molar-refractivity contribution in [3.63, 3.8) is 0 Å². The summed E-state index contributed by atoms with van der Waals surface area (Å²) in [6, 6.07) is 0. The monoisotopic (exact) mass is 439 g/mol. The van der Waals surface area contributed by atoms with Gasteiger partial charge in [-0.15, -0.1) is 0 Å². The van der Waals surface area contributed by atoms with Crippen molar-refractivity contribution in [2.45, 2.75) is 98.3 Å². The number of carbonyl (C=O) groups is 2. The van der Waals surface area contributed by atoms with Crippen LogP contribution in [0.5, 0.6) is 0 Å². The Bertz CT molecular complexity index is 585. The summed E-state index contributed by atoms with van der Waals surface area (Å²) in [6.45, 7) is 19.0. The van der Waals surface area contributed by atoms with Crippen LogP contribution < -0.4 is 5.73 Å². The zero-order valence-electron chi connectivity index (χ0n) is 21.3. The van der Waals surface area contributed by atoms with E-state index < -0.39 is 17.3 Å². The van der Waals surface area contributed by atoms with Crippen LogP contribution >= 0.6 is 0 Å². The molecular formula is C24H46BNO5. The van der Waals surface area contributed by atoms with Crippen molar-refractivity contribution in [1.29, 1.82) is 0 Å². The highest BCUT2D eigenvalue weighted by atomic mass is 16.5. The van der Waals surface area contributed by atoms with Crippen LogP contribution in [0.4, 0.5) is 0 Å². The molecule has 0 aromatic carbocycles. The van der Waals surface area contributed by atoms with Crippen LogP contribution in [-0.2, 0) is 23.8 Å². The predicted molar refractivity (Wildman–Crippen MR) is 129 cm³/mol. The summed E-state index contributed by atoms with van der Waals surface area (Å²) in [5.41, 5.74) is 5.24. The average Bonchev–Trinajstić information content (AvgIpc) is 2.59. The highest BCUT2D eigenvalue weighted by molar-refractivity contribution is 6.58. The van der Waals surface area contributed by atoms with Crippen LogP contribution in [0.3, 0.4) is 0 Å². The van der Waals surface area contributed by atoms with Gasteiger partial charge in [-0.3, -0.25) is 0 Å². The van der Waals surface area contributed by atoms with Crippen LogP contribution in [0.2, 0.25) is 0 Å². The smallest absolute Gasteiger partial charge is 0.330 e. The van der Waals surface area contributed by atoms with Crippen LogP contribution in [0, 0.1) is 10.8 Å². The third-order valence-corrected chi connectivity index (χ3v) is 6.03. The number of rotatable bonds is 17. The van der Waals surface area contributed by atoms with Gasteiger partial charge in [0.25, 0.3) is 0 Å². The van der Waals surface area contributed by atoms with Crippen molar-refractivity contribution < 1.29 is 23.8 Å². The van der Waals surface area contributed by atoms with Gasteiger partial charge in [-0.1, -0.05) is 40.7 Å². The molecule has 0 heterocycles. The van der Waals surface area contributed by atoms with Gasteiger partial charge in [-0.2, -0.15) is 0 Å². The first-order valence-corrected chi connectivity index (χ1v) is 11.4. The molecule has 31 heavy (non-hydrogen) atoms. The molecule has 180 valence electrons. The summed E-state index contributed by atoms with van der Waals surface area (Å²) >= 11 is 0. The van der Waals surface area contributed by atoms with Gasteiger partial charge in [0.2, 0.25) is 0 Å². The molecule has 1 unspecified atom stereocenters. The number of nitrogens with two attached hydrogens (primary N) is 1. The standard InChI is InChI=1S/C24H46BNO5/c1-9-19(27)29-16-14-23(6,7)30-18-15-24(8,26)31-17-13-21(2,3)11-10-12-22(4,5)20(25)28/h9H,1,10-18,25-26H2,2-8H3. The van der Waals surface area contributed by atoms with Crippen molar-refractivity contribution in [2.75, 3.05) is 19.8 Å². The summed E-state index contributed by atoms with van der Waals surface area (Å²) in [6.07, 6.45) is 6.17. The molecule has 0 radical (unpaired) electrons. The Morgan fingerprint density at radius 1 is 0.871 bits per heavy atom. The Kier molecular flexibility index (Phi) is 12.3. The second-order valence-corrected chi connectivity index (χ2v) is 10.8. The first-order valence-electron chi connectivity index (χ1n) is 11.4. The maximum atomic E-state index is 11.7. The predicted octanol–water partition coefficient (Wildman–Crippen LogP) is 3.76. The van der Waals surface area contributed by atoms with E-state index in [0.717, 1.165) is 31.8 Å². The highest BCUT2D eigenvalue weighted by Crippen LogP contribution is 2.32. The molecule has 7 heteroatoms. The Hall–Kier alpha value is -1.18. The van der Waals surface area contributed by atoms with Gasteiger partial charge in [0.05, 0.1) is 24.5 Å². The van der Waals surface area contributed by atoms with Gasteiger partial charge in [-0.05, 0) is 45.4 Å². The van der Waals surface area contributed by atoms with Crippen molar-refractivity contribution >= 4 is 19.5 Å². The van der Waals surface area contributed by atoms with E-state index in [-0.39, 0.29) is 23.1 Å². The molecule has 0 amide bonds. The minimum Gasteiger partial charge on any atom is -0.462 e. The van der Waals surface area contributed by atoms with Gasteiger partial charge in [0, 0.05) is 30.9 Å². The second kappa shape index (κ2) is 12.8. The van der Waals surface area contributed by atoms with Gasteiger partial charge in [-0.25, -0.2) is 4.79 Å². The lowest BCUT2D eigenvalue weighted by molar-refractivity contribution is -0.140. The van der Waals surface area contributed by atoms with Crippen LogP contribution in [-0.4, -0.2) is 50.6 Å². The number of ether oxygens (including phenoxy) is 3. The van der Waals surface area contributed by atoms with Gasteiger partial charge >= 0.3 is 5.97 Å². The van der Waals surface area contributed by atoms with Crippen molar-refractivity contribution in [3.8, 4) is 0 Å². The molecule has 0 aromatic rings. The zero-order chi connectivity index (χ0) is 24.3. The molecule has 0 aromatic heterocycles. The fraction of sp³-hybridized carbons (Fsp3) is 0.833. The fourth-order valence-electron chi connectivity index (χ4n) is 3.00. The van der Waals surface area contributed by atoms with E-state index in [9.17, 15) is 9.59 Å². The molecule has 2 N–H and O–H groups in total. The lowest BCUT2D eigenvalue weighted by Crippen LogP contribution is -2.42. The Morgan fingerprint density at radius 3 is 2.00 bits per heavy atom. The maximum absolute atomic E-state index is 11.7. The van der Waals surface area contributed by atoms with E-state index in [1.165, 1.54) is 0 Å². The molecule has 0 aliphatic heterocycles. The summed E-state index contributed by atoms with van der Waals surface area (Å²) < 4.78 is 16.9. The molecular weight excluding hydrogens is 393 g/mol. The third kappa shape index (κ3) is 14.5. The lowest BCUT2D eigenvalue weighted by atomic mass is 9.73. The van der Waals surface area contributed by atoms with E-state index >= 15 is 0 Å². The number of esters is 1. The van der Waals surface area contributed by atoms with Gasteiger partial charge < -0.3 is 24.7 Å². The Morgan fingerprint density at radius 2 is 1.45 bits per heavy atom. The fourth-order valence-corrected chi connectivity index (χ4v) is 3.00. The largest absolute Gasteiger partial charge is 0.462 e. The molecule has 0 fully saturated rings. The number of hydrogen-bond donors (Lipinski definition) is 1. The van der Waals surface area contributed by atoms with Crippen LogP contribution in [0.15, 0.2) is 12.7 Å². The molecule has 0 bridgehead atoms. The summed E-state index contributed by atoms with van der Waals surface area (Å²) in [7, 11) is 1.67.